The summed E-state index contributed by atoms with van der Waals surface area (Å²) in [6, 6.07) is 12.8. The predicted molar refractivity (Wildman–Crippen MR) is 113 cm³/mol. The minimum absolute atomic E-state index is 0.282. The van der Waals surface area contributed by atoms with E-state index in [1.807, 2.05) is 0 Å². The van der Waals surface area contributed by atoms with Gasteiger partial charge < -0.3 is 25.1 Å². The Labute approximate surface area is 170 Å². The summed E-state index contributed by atoms with van der Waals surface area (Å²) in [7, 11) is 3.12. The molecular formula is C21H18FN5O3. The Morgan fingerprint density at radius 1 is 0.967 bits per heavy atom. The molecule has 0 fully saturated rings. The molecule has 0 bridgehead atoms. The quantitative estimate of drug-likeness (QED) is 0.445. The molecule has 0 atom stereocenters. The molecule has 0 saturated carbocycles. The lowest BCUT2D eigenvalue weighted by atomic mass is 10.2. The Hall–Kier alpha value is -4.14. The van der Waals surface area contributed by atoms with Crippen molar-refractivity contribution in [2.24, 2.45) is 0 Å². The number of anilines is 4. The van der Waals surface area contributed by atoms with Crippen LogP contribution in [0.5, 0.6) is 11.5 Å². The summed E-state index contributed by atoms with van der Waals surface area (Å²) >= 11 is 0. The van der Waals surface area contributed by atoms with Crippen LogP contribution in [0.2, 0.25) is 0 Å². The Kier molecular flexibility index (Phi) is 5.17. The maximum Gasteiger partial charge on any atom is 0.272 e. The number of nitrogens with zero attached hydrogens (tertiary/aromatic N) is 2. The number of hydrogen-bond donors (Lipinski definition) is 3. The maximum atomic E-state index is 13.4. The van der Waals surface area contributed by atoms with Crippen LogP contribution in [-0.4, -0.2) is 29.2 Å². The van der Waals surface area contributed by atoms with E-state index in [0.29, 0.717) is 39.9 Å². The van der Waals surface area contributed by atoms with Crippen LogP contribution in [0.1, 0.15) is 0 Å². The van der Waals surface area contributed by atoms with E-state index in [1.54, 1.807) is 56.8 Å². The van der Waals surface area contributed by atoms with E-state index in [9.17, 15) is 9.18 Å². The minimum Gasteiger partial charge on any atom is -0.493 e. The molecule has 0 aliphatic rings. The Balaban J connectivity index is 1.58. The van der Waals surface area contributed by atoms with Crippen molar-refractivity contribution in [3.05, 3.63) is 70.9 Å². The van der Waals surface area contributed by atoms with Gasteiger partial charge in [0.2, 0.25) is 5.95 Å². The zero-order valence-corrected chi connectivity index (χ0v) is 16.2. The molecule has 4 rings (SSSR count). The van der Waals surface area contributed by atoms with E-state index < -0.39 is 5.82 Å². The summed E-state index contributed by atoms with van der Waals surface area (Å²) in [4.78, 5) is 23.6. The first-order valence-corrected chi connectivity index (χ1v) is 8.97. The van der Waals surface area contributed by atoms with Crippen molar-refractivity contribution in [1.82, 2.24) is 15.0 Å². The topological polar surface area (TPSA) is 101 Å². The van der Waals surface area contributed by atoms with Crippen molar-refractivity contribution in [3.8, 4) is 11.5 Å². The highest BCUT2D eigenvalue weighted by Crippen LogP contribution is 2.30. The van der Waals surface area contributed by atoms with E-state index >= 15 is 0 Å². The fraction of sp³-hybridized carbons (Fsp3) is 0.0952. The zero-order chi connectivity index (χ0) is 21.1. The number of halogens is 1. The number of aromatic amines is 1. The van der Waals surface area contributed by atoms with Crippen LogP contribution in [-0.2, 0) is 0 Å². The fourth-order valence-corrected chi connectivity index (χ4v) is 2.94. The SMILES string of the molecule is COc1ccc(Nc2nccc(Nc3cc4ccc(F)cc4[nH]c3=O)n2)cc1OC. The van der Waals surface area contributed by atoms with Crippen LogP contribution in [0.15, 0.2) is 59.5 Å². The smallest absolute Gasteiger partial charge is 0.272 e. The molecule has 0 saturated heterocycles. The molecule has 0 spiro atoms. The average molecular weight is 407 g/mol. The number of H-pyrrole nitrogens is 1. The average Bonchev–Trinajstić information content (AvgIpc) is 2.74. The maximum absolute atomic E-state index is 13.4. The van der Waals surface area contributed by atoms with Crippen molar-refractivity contribution in [2.45, 2.75) is 0 Å². The molecule has 2 aromatic heterocycles. The van der Waals surface area contributed by atoms with E-state index in [4.69, 9.17) is 9.47 Å². The van der Waals surface area contributed by atoms with Gasteiger partial charge in [-0.25, -0.2) is 9.37 Å². The number of nitrogens with one attached hydrogen (secondary N) is 3. The van der Waals surface area contributed by atoms with Crippen LogP contribution < -0.4 is 25.7 Å². The van der Waals surface area contributed by atoms with Gasteiger partial charge in [-0.05, 0) is 42.5 Å². The molecule has 30 heavy (non-hydrogen) atoms. The number of benzene rings is 2. The monoisotopic (exact) mass is 407 g/mol. The molecule has 4 aromatic rings. The standard InChI is InChI=1S/C21H18FN5O3/c1-29-17-6-5-14(11-18(17)30-2)24-21-23-8-7-19(27-21)25-16-9-12-3-4-13(22)10-15(12)26-20(16)28/h3-11H,1-2H3,(H,26,28)(H2,23,24,25,27). The van der Waals surface area contributed by atoms with E-state index in [1.165, 1.54) is 12.1 Å². The zero-order valence-electron chi connectivity index (χ0n) is 16.2. The summed E-state index contributed by atoms with van der Waals surface area (Å²) in [5.74, 6) is 1.50. The minimum atomic E-state index is -0.416. The summed E-state index contributed by atoms with van der Waals surface area (Å²) in [5.41, 5.74) is 1.02. The second-order valence-corrected chi connectivity index (χ2v) is 6.33. The van der Waals surface area contributed by atoms with Crippen molar-refractivity contribution in [3.63, 3.8) is 0 Å². The molecule has 0 amide bonds. The first-order valence-electron chi connectivity index (χ1n) is 8.97. The van der Waals surface area contributed by atoms with Gasteiger partial charge in [-0.15, -0.1) is 0 Å². The summed E-state index contributed by atoms with van der Waals surface area (Å²) in [6.45, 7) is 0. The van der Waals surface area contributed by atoms with Crippen molar-refractivity contribution in [2.75, 3.05) is 24.9 Å². The van der Waals surface area contributed by atoms with Crippen molar-refractivity contribution in [1.29, 1.82) is 0 Å². The van der Waals surface area contributed by atoms with Gasteiger partial charge in [-0.1, -0.05) is 0 Å². The second kappa shape index (κ2) is 8.08. The molecule has 2 heterocycles. The lowest BCUT2D eigenvalue weighted by molar-refractivity contribution is 0.355. The molecule has 0 unspecified atom stereocenters. The summed E-state index contributed by atoms with van der Waals surface area (Å²) in [5, 5.41) is 6.74. The summed E-state index contributed by atoms with van der Waals surface area (Å²) < 4.78 is 23.9. The van der Waals surface area contributed by atoms with Gasteiger partial charge in [0.25, 0.3) is 5.56 Å². The van der Waals surface area contributed by atoms with Gasteiger partial charge in [0.1, 0.15) is 17.3 Å². The first kappa shape index (κ1) is 19.2. The van der Waals surface area contributed by atoms with Gasteiger partial charge in [0.05, 0.1) is 19.7 Å². The highest BCUT2D eigenvalue weighted by atomic mass is 19.1. The van der Waals surface area contributed by atoms with Gasteiger partial charge in [-0.3, -0.25) is 4.79 Å². The Morgan fingerprint density at radius 3 is 2.60 bits per heavy atom. The third-order valence-corrected chi connectivity index (χ3v) is 4.37. The highest BCUT2D eigenvalue weighted by Gasteiger charge is 2.08. The molecule has 3 N–H and O–H groups in total. The number of pyridine rings is 1. The number of methoxy groups -OCH3 is 2. The second-order valence-electron chi connectivity index (χ2n) is 6.33. The third kappa shape index (κ3) is 4.00. The highest BCUT2D eigenvalue weighted by molar-refractivity contribution is 5.82. The largest absolute Gasteiger partial charge is 0.493 e. The molecule has 0 aliphatic carbocycles. The normalized spacial score (nSPS) is 10.6. The molecule has 2 aromatic carbocycles. The van der Waals surface area contributed by atoms with Gasteiger partial charge in [0, 0.05) is 23.3 Å². The van der Waals surface area contributed by atoms with Crippen LogP contribution in [0.4, 0.5) is 27.5 Å². The molecule has 0 radical (unpaired) electrons. The van der Waals surface area contributed by atoms with E-state index in [-0.39, 0.29) is 11.2 Å². The Morgan fingerprint density at radius 2 is 1.80 bits per heavy atom. The molecule has 152 valence electrons. The predicted octanol–water partition coefficient (Wildman–Crippen LogP) is 3.96. The van der Waals surface area contributed by atoms with E-state index in [0.717, 1.165) is 0 Å². The number of fused-ring (bicyclic) bond motifs is 1. The lowest BCUT2D eigenvalue weighted by Crippen LogP contribution is -2.12. The number of hydrogen-bond acceptors (Lipinski definition) is 7. The molecule has 8 nitrogen and oxygen atoms in total. The van der Waals surface area contributed by atoms with Crippen molar-refractivity contribution < 1.29 is 13.9 Å². The lowest BCUT2D eigenvalue weighted by Gasteiger charge is -2.11. The van der Waals surface area contributed by atoms with Crippen LogP contribution in [0, 0.1) is 5.82 Å². The third-order valence-electron chi connectivity index (χ3n) is 4.37. The van der Waals surface area contributed by atoms with Crippen molar-refractivity contribution >= 4 is 34.0 Å². The number of aromatic nitrogens is 3. The van der Waals surface area contributed by atoms with Crippen LogP contribution >= 0.6 is 0 Å². The Bertz CT molecular complexity index is 1280. The summed E-state index contributed by atoms with van der Waals surface area (Å²) in [6.07, 6.45) is 1.56. The van der Waals surface area contributed by atoms with Crippen LogP contribution in [0.3, 0.4) is 0 Å². The van der Waals surface area contributed by atoms with E-state index in [2.05, 4.69) is 25.6 Å². The van der Waals surface area contributed by atoms with Crippen LogP contribution in [0.25, 0.3) is 10.9 Å². The van der Waals surface area contributed by atoms with Gasteiger partial charge >= 0.3 is 0 Å². The molecular weight excluding hydrogens is 389 g/mol. The fourth-order valence-electron chi connectivity index (χ4n) is 2.94. The van der Waals surface area contributed by atoms with Gasteiger partial charge in [-0.2, -0.15) is 4.98 Å². The first-order chi connectivity index (χ1) is 14.6. The number of ether oxygens (including phenoxy) is 2. The van der Waals surface area contributed by atoms with Gasteiger partial charge in [0.15, 0.2) is 11.5 Å². The molecule has 9 heteroatoms. The molecule has 0 aliphatic heterocycles. The number of rotatable bonds is 6.